The molecular formula is C18H54N3OSi6U-5. The summed E-state index contributed by atoms with van der Waals surface area (Å²) in [6, 6.07) is 0. The molecule has 0 bridgehead atoms. The van der Waals surface area contributed by atoms with Crippen LogP contribution in [0.3, 0.4) is 0 Å². The van der Waals surface area contributed by atoms with Crippen LogP contribution in [0.5, 0.6) is 0 Å². The van der Waals surface area contributed by atoms with Crippen molar-refractivity contribution in [2.75, 3.05) is 0 Å². The Morgan fingerprint density at radius 1 is 0.276 bits per heavy atom. The van der Waals surface area contributed by atoms with Crippen LogP contribution >= 0.6 is 0 Å². The van der Waals surface area contributed by atoms with Gasteiger partial charge in [0.2, 0.25) is 0 Å². The third kappa shape index (κ3) is 58.9. The summed E-state index contributed by atoms with van der Waals surface area (Å²) < 4.78 is 14.5. The molecule has 0 aromatic carbocycles. The van der Waals surface area contributed by atoms with E-state index in [9.17, 15) is 0 Å². The van der Waals surface area contributed by atoms with Crippen LogP contribution < -0.4 is 0 Å². The van der Waals surface area contributed by atoms with Gasteiger partial charge in [-0.1, -0.05) is 167 Å². The van der Waals surface area contributed by atoms with Crippen molar-refractivity contribution >= 4 is 49.4 Å². The molecule has 29 heavy (non-hydrogen) atoms. The van der Waals surface area contributed by atoms with E-state index < -0.39 is 49.4 Å². The molecule has 0 saturated heterocycles. The largest absolute Gasteiger partial charge is 2.00 e. The van der Waals surface area contributed by atoms with Crippen LogP contribution in [0.2, 0.25) is 118 Å². The predicted molar refractivity (Wildman–Crippen MR) is 151 cm³/mol. The fraction of sp³-hybridized carbons (Fsp3) is 1.00. The number of nitrogens with zero attached hydrogens (tertiary/aromatic N) is 3. The quantitative estimate of drug-likeness (QED) is 0.245. The maximum Gasteiger partial charge on any atom is 0 e. The molecule has 0 aliphatic carbocycles. The van der Waals surface area contributed by atoms with Gasteiger partial charge in [0, 0.05) is 31.1 Å². The van der Waals surface area contributed by atoms with Crippen LogP contribution in [0.15, 0.2) is 0 Å². The first-order valence-electron chi connectivity index (χ1n) is 10.3. The molecule has 0 aliphatic rings. The average Bonchev–Trinajstić information content (AvgIpc) is 1.96. The Kier molecular flexibility index (Phi) is 21.7. The molecule has 0 atom stereocenters. The molecular weight excluding hydrogens is 681 g/mol. The van der Waals surface area contributed by atoms with E-state index in [1.807, 2.05) is 0 Å². The number of rotatable bonds is 6. The van der Waals surface area contributed by atoms with E-state index in [0.717, 1.165) is 0 Å². The fourth-order valence-electron chi connectivity index (χ4n) is 3.02. The molecule has 180 valence electrons. The van der Waals surface area contributed by atoms with Gasteiger partial charge in [0.05, 0.1) is 0 Å². The molecule has 0 aromatic rings. The predicted octanol–water partition coefficient (Wildman–Crippen LogP) is 8.97. The Balaban J connectivity index is -0.0000000960. The van der Waals surface area contributed by atoms with Crippen LogP contribution in [0.25, 0.3) is 13.9 Å². The first-order chi connectivity index (χ1) is 11.1. The van der Waals surface area contributed by atoms with E-state index in [0.29, 0.717) is 0 Å². The maximum absolute atomic E-state index is 4.82. The second-order valence-corrected chi connectivity index (χ2v) is 42.1. The molecule has 0 saturated carbocycles. The molecule has 0 fully saturated rings. The molecule has 0 amide bonds. The van der Waals surface area contributed by atoms with Gasteiger partial charge in [0.15, 0.2) is 0 Å². The Morgan fingerprint density at radius 2 is 0.345 bits per heavy atom. The normalized spacial score (nSPS) is 13.0. The average molecular weight is 735 g/mol. The van der Waals surface area contributed by atoms with Crippen molar-refractivity contribution in [3.63, 3.8) is 0 Å². The summed E-state index contributed by atoms with van der Waals surface area (Å²) in [7, 11) is -6.64. The smallest absolute Gasteiger partial charge is 0 e. The van der Waals surface area contributed by atoms with Crippen LogP contribution in [0.1, 0.15) is 0 Å². The molecule has 0 spiro atoms. The van der Waals surface area contributed by atoms with Crippen molar-refractivity contribution in [2.24, 2.45) is 0 Å². The molecule has 4 nitrogen and oxygen atoms in total. The number of hydrogen-bond acceptors (Lipinski definition) is 0. The van der Waals surface area contributed by atoms with E-state index in [-0.39, 0.29) is 36.6 Å². The number of hydrogen-bond donors (Lipinski definition) is 0. The van der Waals surface area contributed by atoms with Crippen LogP contribution in [-0.2, 0) is 5.48 Å². The van der Waals surface area contributed by atoms with Crippen molar-refractivity contribution in [1.29, 1.82) is 0 Å². The molecule has 11 heteroatoms. The molecule has 0 aromatic heterocycles. The summed E-state index contributed by atoms with van der Waals surface area (Å²) in [6.45, 7) is 41.3. The third-order valence-corrected chi connectivity index (χ3v) is 18.1. The zero-order valence-corrected chi connectivity index (χ0v) is 33.4. The van der Waals surface area contributed by atoms with Gasteiger partial charge < -0.3 is 19.4 Å². The van der Waals surface area contributed by atoms with E-state index in [2.05, 4.69) is 118 Å². The Morgan fingerprint density at radius 3 is 0.345 bits per heavy atom. The second-order valence-electron chi connectivity index (χ2n) is 13.4. The van der Waals surface area contributed by atoms with Gasteiger partial charge in [-0.2, -0.15) is 0 Å². The summed E-state index contributed by atoms with van der Waals surface area (Å²) >= 11 is 0. The van der Waals surface area contributed by atoms with Gasteiger partial charge in [-0.3, -0.25) is 0 Å². The molecule has 0 N–H and O–H groups in total. The minimum atomic E-state index is -1.11. The summed E-state index contributed by atoms with van der Waals surface area (Å²) in [6.07, 6.45) is 0. The summed E-state index contributed by atoms with van der Waals surface area (Å²) in [5.41, 5.74) is 0. The van der Waals surface area contributed by atoms with E-state index >= 15 is 0 Å². The Labute approximate surface area is 216 Å². The SMILES string of the molecule is C[Si](C)(C)[N-][Si](C)(C)C.C[Si](C)(C)[N-][Si](C)(C)C.C[Si](C)(C)[N-][Si](C)(C)C.[O-2].[U]. The van der Waals surface area contributed by atoms with E-state index in [1.165, 1.54) is 0 Å². The van der Waals surface area contributed by atoms with Gasteiger partial charge in [-0.25, -0.2) is 0 Å². The topological polar surface area (TPSA) is 70.8 Å². The van der Waals surface area contributed by atoms with E-state index in [4.69, 9.17) is 13.9 Å². The summed E-state index contributed by atoms with van der Waals surface area (Å²) in [4.78, 5) is 0. The van der Waals surface area contributed by atoms with Crippen molar-refractivity contribution in [1.82, 2.24) is 0 Å². The Hall–Kier alpha value is 2.19. The van der Waals surface area contributed by atoms with Crippen molar-refractivity contribution in [3.8, 4) is 0 Å². The zero-order chi connectivity index (χ0) is 23.1. The van der Waals surface area contributed by atoms with Gasteiger partial charge in [-0.05, 0) is 0 Å². The van der Waals surface area contributed by atoms with Crippen LogP contribution in [-0.4, -0.2) is 49.4 Å². The van der Waals surface area contributed by atoms with Crippen molar-refractivity contribution in [3.05, 3.63) is 13.9 Å². The first-order valence-corrected chi connectivity index (χ1v) is 31.0. The molecule has 0 unspecified atom stereocenters. The minimum absolute atomic E-state index is 0. The van der Waals surface area contributed by atoms with Crippen molar-refractivity contribution in [2.45, 2.75) is 118 Å². The minimum Gasteiger partial charge on any atom is -2.00 e. The van der Waals surface area contributed by atoms with Crippen LogP contribution in [0.4, 0.5) is 0 Å². The summed E-state index contributed by atoms with van der Waals surface area (Å²) in [5, 5.41) is 0. The Bertz CT molecular complexity index is 303. The fourth-order valence-corrected chi connectivity index (χ4v) is 27.2. The van der Waals surface area contributed by atoms with Gasteiger partial charge in [-0.15, -0.1) is 0 Å². The van der Waals surface area contributed by atoms with E-state index in [1.54, 1.807) is 0 Å². The molecule has 0 radical (unpaired) electrons. The van der Waals surface area contributed by atoms with Gasteiger partial charge in [0.1, 0.15) is 0 Å². The van der Waals surface area contributed by atoms with Gasteiger partial charge in [0.25, 0.3) is 0 Å². The standard InChI is InChI=1S/3C6H18NSi2.O.U/c3*1-8(2,3)7-9(4,5)6;;/h3*1-6H3;;/q3*-1;-2;. The monoisotopic (exact) mass is 734 g/mol. The molecule has 0 rings (SSSR count). The molecule has 0 heterocycles. The second kappa shape index (κ2) is 15.2. The van der Waals surface area contributed by atoms with Crippen LogP contribution in [0, 0.1) is 31.1 Å². The van der Waals surface area contributed by atoms with Gasteiger partial charge >= 0.3 is 0 Å². The zero-order valence-electron chi connectivity index (χ0n) is 23.2. The summed E-state index contributed by atoms with van der Waals surface area (Å²) in [5.74, 6) is 0. The third-order valence-electron chi connectivity index (χ3n) is 2.01. The maximum atomic E-state index is 4.82. The van der Waals surface area contributed by atoms with Crippen molar-refractivity contribution < 1.29 is 36.6 Å². The first kappa shape index (κ1) is 41.4. The molecule has 0 aliphatic heterocycles.